The van der Waals surface area contributed by atoms with E-state index in [-0.39, 0.29) is 12.6 Å². The molecule has 0 aromatic heterocycles. The molecule has 2 aromatic rings. The van der Waals surface area contributed by atoms with Gasteiger partial charge in [0, 0.05) is 6.04 Å². The summed E-state index contributed by atoms with van der Waals surface area (Å²) >= 11 is 0. The number of hydrogen-bond acceptors (Lipinski definition) is 4. The number of carbonyl (C=O) groups excluding carboxylic acids is 2. The summed E-state index contributed by atoms with van der Waals surface area (Å²) in [6.07, 6.45) is 4.37. The molecular weight excluding hydrogens is 344 g/mol. The van der Waals surface area contributed by atoms with Gasteiger partial charge in [-0.15, -0.1) is 0 Å². The molecule has 0 radical (unpaired) electrons. The summed E-state index contributed by atoms with van der Waals surface area (Å²) in [5.41, 5.74) is 0. The zero-order chi connectivity index (χ0) is 19.2. The fourth-order valence-electron chi connectivity index (χ4n) is 3.47. The monoisotopic (exact) mass is 370 g/mol. The van der Waals surface area contributed by atoms with Crippen LogP contribution in [-0.2, 0) is 4.79 Å². The van der Waals surface area contributed by atoms with Crippen LogP contribution in [0.1, 0.15) is 32.6 Å². The summed E-state index contributed by atoms with van der Waals surface area (Å²) < 4.78 is 10.8. The number of hydrogen-bond donors (Lipinski definition) is 2. The molecule has 0 bridgehead atoms. The van der Waals surface area contributed by atoms with Crippen LogP contribution in [0.25, 0.3) is 10.8 Å². The summed E-state index contributed by atoms with van der Waals surface area (Å²) in [5.74, 6) is 1.28. The van der Waals surface area contributed by atoms with Gasteiger partial charge >= 0.3 is 6.03 Å². The molecule has 0 unspecified atom stereocenters. The molecule has 1 fully saturated rings. The first-order chi connectivity index (χ1) is 13.0. The summed E-state index contributed by atoms with van der Waals surface area (Å²) in [4.78, 5) is 24.0. The van der Waals surface area contributed by atoms with E-state index in [0.29, 0.717) is 11.7 Å². The third-order valence-corrected chi connectivity index (χ3v) is 5.07. The predicted octanol–water partition coefficient (Wildman–Crippen LogP) is 3.63. The number of urea groups is 1. The lowest BCUT2D eigenvalue weighted by molar-refractivity contribution is -0.122. The Morgan fingerprint density at radius 3 is 2.48 bits per heavy atom. The Bertz CT molecular complexity index is 821. The number of rotatable bonds is 5. The molecular formula is C21H26N2O4. The van der Waals surface area contributed by atoms with Gasteiger partial charge in [-0.25, -0.2) is 4.79 Å². The molecule has 0 saturated heterocycles. The minimum Gasteiger partial charge on any atom is -0.497 e. The molecule has 6 nitrogen and oxygen atoms in total. The minimum atomic E-state index is -0.471. The Morgan fingerprint density at radius 1 is 1.04 bits per heavy atom. The number of nitrogens with one attached hydrogen (secondary N) is 2. The summed E-state index contributed by atoms with van der Waals surface area (Å²) in [6.45, 7) is 1.91. The molecule has 1 aliphatic carbocycles. The standard InChI is InChI=1S/C21H26N2O4/c1-14-5-3-4-6-19(14)22-21(25)23-20(24)13-27-18-10-8-15-7-9-17(26-2)11-16(15)12-18/h7-12,14,19H,3-6,13H2,1-2H3,(H2,22,23,24,25)/t14-,19-/m1/s1. The largest absolute Gasteiger partial charge is 0.497 e. The number of methoxy groups -OCH3 is 1. The average Bonchev–Trinajstić information content (AvgIpc) is 2.67. The van der Waals surface area contributed by atoms with E-state index < -0.39 is 11.9 Å². The molecule has 0 aliphatic heterocycles. The highest BCUT2D eigenvalue weighted by molar-refractivity contribution is 5.95. The fraction of sp³-hybridized carbons (Fsp3) is 0.429. The van der Waals surface area contributed by atoms with Crippen molar-refractivity contribution in [1.82, 2.24) is 10.6 Å². The zero-order valence-corrected chi connectivity index (χ0v) is 15.8. The van der Waals surface area contributed by atoms with E-state index in [1.807, 2.05) is 30.3 Å². The maximum atomic E-state index is 12.0. The average molecular weight is 370 g/mol. The highest BCUT2D eigenvalue weighted by Crippen LogP contribution is 2.25. The van der Waals surface area contributed by atoms with Gasteiger partial charge in [0.2, 0.25) is 0 Å². The summed E-state index contributed by atoms with van der Waals surface area (Å²) in [5, 5.41) is 7.24. The summed E-state index contributed by atoms with van der Waals surface area (Å²) in [6, 6.07) is 11.0. The second-order valence-electron chi connectivity index (χ2n) is 7.05. The van der Waals surface area contributed by atoms with E-state index in [4.69, 9.17) is 9.47 Å². The molecule has 144 valence electrons. The number of ether oxygens (including phenoxy) is 2. The van der Waals surface area contributed by atoms with Crippen LogP contribution in [0, 0.1) is 5.92 Å². The fourth-order valence-corrected chi connectivity index (χ4v) is 3.47. The van der Waals surface area contributed by atoms with Crippen LogP contribution in [0.2, 0.25) is 0 Å². The number of amides is 3. The molecule has 2 aromatic carbocycles. The van der Waals surface area contributed by atoms with Gasteiger partial charge in [-0.2, -0.15) is 0 Å². The molecule has 2 atom stereocenters. The normalized spacial score (nSPS) is 19.3. The van der Waals surface area contributed by atoms with Crippen LogP contribution in [0.4, 0.5) is 4.79 Å². The Hall–Kier alpha value is -2.76. The highest BCUT2D eigenvalue weighted by atomic mass is 16.5. The number of benzene rings is 2. The van der Waals surface area contributed by atoms with Gasteiger partial charge < -0.3 is 14.8 Å². The van der Waals surface area contributed by atoms with Gasteiger partial charge in [0.25, 0.3) is 5.91 Å². The molecule has 27 heavy (non-hydrogen) atoms. The van der Waals surface area contributed by atoms with Crippen LogP contribution >= 0.6 is 0 Å². The molecule has 0 spiro atoms. The van der Waals surface area contributed by atoms with Crippen LogP contribution < -0.4 is 20.1 Å². The van der Waals surface area contributed by atoms with E-state index in [1.54, 1.807) is 13.2 Å². The third-order valence-electron chi connectivity index (χ3n) is 5.07. The van der Waals surface area contributed by atoms with Crippen LogP contribution in [-0.4, -0.2) is 31.7 Å². The number of carbonyl (C=O) groups is 2. The molecule has 1 aliphatic rings. The summed E-state index contributed by atoms with van der Waals surface area (Å²) in [7, 11) is 1.62. The molecule has 3 rings (SSSR count). The van der Waals surface area contributed by atoms with Gasteiger partial charge in [-0.05, 0) is 53.8 Å². The van der Waals surface area contributed by atoms with E-state index in [1.165, 1.54) is 6.42 Å². The van der Waals surface area contributed by atoms with Crippen molar-refractivity contribution in [2.24, 2.45) is 5.92 Å². The highest BCUT2D eigenvalue weighted by Gasteiger charge is 2.23. The van der Waals surface area contributed by atoms with Crippen molar-refractivity contribution in [3.8, 4) is 11.5 Å². The zero-order valence-electron chi connectivity index (χ0n) is 15.8. The van der Waals surface area contributed by atoms with Crippen LogP contribution in [0.3, 0.4) is 0 Å². The predicted molar refractivity (Wildman–Crippen MR) is 104 cm³/mol. The Balaban J connectivity index is 1.51. The maximum absolute atomic E-state index is 12.0. The Kier molecular flexibility index (Phi) is 6.16. The van der Waals surface area contributed by atoms with Crippen LogP contribution in [0.5, 0.6) is 11.5 Å². The quantitative estimate of drug-likeness (QED) is 0.843. The van der Waals surface area contributed by atoms with Crippen molar-refractivity contribution in [3.05, 3.63) is 36.4 Å². The lowest BCUT2D eigenvalue weighted by atomic mass is 9.86. The van der Waals surface area contributed by atoms with Crippen molar-refractivity contribution in [2.75, 3.05) is 13.7 Å². The molecule has 0 heterocycles. The number of imide groups is 1. The molecule has 1 saturated carbocycles. The Labute approximate surface area is 159 Å². The molecule has 2 N–H and O–H groups in total. The lowest BCUT2D eigenvalue weighted by Crippen LogP contribution is -2.48. The van der Waals surface area contributed by atoms with Gasteiger partial charge in [0.15, 0.2) is 6.61 Å². The van der Waals surface area contributed by atoms with Gasteiger partial charge in [-0.3, -0.25) is 10.1 Å². The maximum Gasteiger partial charge on any atom is 0.321 e. The minimum absolute atomic E-state index is 0.128. The SMILES string of the molecule is COc1ccc2ccc(OCC(=O)NC(=O)N[C@@H]3CCCC[C@H]3C)cc2c1. The van der Waals surface area contributed by atoms with Crippen LogP contribution in [0.15, 0.2) is 36.4 Å². The van der Waals surface area contributed by atoms with Crippen molar-refractivity contribution in [2.45, 2.75) is 38.6 Å². The van der Waals surface area contributed by atoms with Gasteiger partial charge in [0.1, 0.15) is 11.5 Å². The second-order valence-corrected chi connectivity index (χ2v) is 7.05. The topological polar surface area (TPSA) is 76.7 Å². The second kappa shape index (κ2) is 8.75. The van der Waals surface area contributed by atoms with E-state index in [2.05, 4.69) is 17.6 Å². The number of fused-ring (bicyclic) bond motifs is 1. The third kappa shape index (κ3) is 5.12. The van der Waals surface area contributed by atoms with E-state index in [9.17, 15) is 9.59 Å². The Morgan fingerprint density at radius 2 is 1.74 bits per heavy atom. The first-order valence-electron chi connectivity index (χ1n) is 9.36. The van der Waals surface area contributed by atoms with E-state index >= 15 is 0 Å². The van der Waals surface area contributed by atoms with Crippen molar-refractivity contribution in [1.29, 1.82) is 0 Å². The first-order valence-corrected chi connectivity index (χ1v) is 9.36. The molecule has 3 amide bonds. The van der Waals surface area contributed by atoms with Gasteiger partial charge in [0.05, 0.1) is 7.11 Å². The first kappa shape index (κ1) is 19.0. The van der Waals surface area contributed by atoms with Crippen molar-refractivity contribution >= 4 is 22.7 Å². The van der Waals surface area contributed by atoms with Gasteiger partial charge in [-0.1, -0.05) is 31.9 Å². The lowest BCUT2D eigenvalue weighted by Gasteiger charge is -2.29. The molecule has 6 heteroatoms. The van der Waals surface area contributed by atoms with Crippen molar-refractivity contribution in [3.63, 3.8) is 0 Å². The smallest absolute Gasteiger partial charge is 0.321 e. The van der Waals surface area contributed by atoms with E-state index in [0.717, 1.165) is 35.8 Å². The van der Waals surface area contributed by atoms with Crippen molar-refractivity contribution < 1.29 is 19.1 Å².